The highest BCUT2D eigenvalue weighted by Gasteiger charge is 2.32. The topological polar surface area (TPSA) is 63.8 Å². The molecule has 0 atom stereocenters. The lowest BCUT2D eigenvalue weighted by Gasteiger charge is -2.38. The number of anilines is 1. The lowest BCUT2D eigenvalue weighted by atomic mass is 9.78. The van der Waals surface area contributed by atoms with Crippen molar-refractivity contribution in [3.63, 3.8) is 0 Å². The molecule has 3 N–H and O–H groups in total. The Hall–Kier alpha value is -2.67. The monoisotopic (exact) mass is 402 g/mol. The van der Waals surface area contributed by atoms with Crippen LogP contribution in [0.3, 0.4) is 0 Å². The van der Waals surface area contributed by atoms with Crippen LogP contribution in [0.4, 0.5) is 19.0 Å². The smallest absolute Gasteiger partial charge is 0.366 e. The van der Waals surface area contributed by atoms with Crippen molar-refractivity contribution in [1.82, 2.24) is 10.2 Å². The van der Waals surface area contributed by atoms with Gasteiger partial charge in [-0.2, -0.15) is 13.2 Å². The fraction of sp³-hybridized carbons (Fsp3) is 0.364. The molecule has 3 aromatic rings. The maximum atomic E-state index is 12.8. The van der Waals surface area contributed by atoms with Crippen LogP contribution in [0.15, 0.2) is 48.5 Å². The van der Waals surface area contributed by atoms with Crippen molar-refractivity contribution in [2.45, 2.75) is 44.8 Å². The number of fused-ring (bicyclic) bond motifs is 1. The molecular formula is C22H25F3N4. The maximum Gasteiger partial charge on any atom is 0.416 e. The van der Waals surface area contributed by atoms with Gasteiger partial charge >= 0.3 is 6.18 Å². The van der Waals surface area contributed by atoms with Crippen molar-refractivity contribution in [3.8, 4) is 11.3 Å². The first-order valence-corrected chi connectivity index (χ1v) is 9.82. The van der Waals surface area contributed by atoms with Crippen molar-refractivity contribution in [2.24, 2.45) is 5.73 Å². The summed E-state index contributed by atoms with van der Waals surface area (Å²) in [5.41, 5.74) is 6.52. The number of nitrogens with two attached hydrogens (primary N) is 1. The Bertz CT molecular complexity index is 964. The predicted molar refractivity (Wildman–Crippen MR) is 111 cm³/mol. The highest BCUT2D eigenvalue weighted by molar-refractivity contribution is 6.00. The Morgan fingerprint density at radius 1 is 0.966 bits per heavy atom. The van der Waals surface area contributed by atoms with Crippen molar-refractivity contribution < 1.29 is 13.2 Å². The molecule has 4 rings (SSSR count). The number of nitrogens with one attached hydrogen (secondary N) is 1. The Morgan fingerprint density at radius 2 is 1.59 bits per heavy atom. The number of hydrogen-bond acceptors (Lipinski definition) is 4. The van der Waals surface area contributed by atoms with E-state index in [9.17, 15) is 13.2 Å². The van der Waals surface area contributed by atoms with Crippen molar-refractivity contribution in [3.05, 3.63) is 54.1 Å². The van der Waals surface area contributed by atoms with Crippen LogP contribution in [-0.2, 0) is 6.18 Å². The molecule has 0 bridgehead atoms. The molecule has 1 heterocycles. The molecule has 154 valence electrons. The molecule has 1 fully saturated rings. The largest absolute Gasteiger partial charge is 0.416 e. The van der Waals surface area contributed by atoms with E-state index in [0.29, 0.717) is 23.6 Å². The standard InChI is InChI=1S/C20H19F3N4.C2H6/c21-20(22,23)14-8-6-13(7-9-14)17-15-4-1-2-5-16(15)18(27-26-17)25-12-19(24)10-3-11-19;1-2/h1-2,4-9H,3,10-12,24H2,(H,25,27);1-2H3. The summed E-state index contributed by atoms with van der Waals surface area (Å²) in [7, 11) is 0. The van der Waals surface area contributed by atoms with Crippen LogP contribution in [0.1, 0.15) is 38.7 Å². The van der Waals surface area contributed by atoms with Crippen molar-refractivity contribution >= 4 is 16.6 Å². The molecule has 29 heavy (non-hydrogen) atoms. The number of halogens is 3. The van der Waals surface area contributed by atoms with E-state index in [1.807, 2.05) is 38.1 Å². The minimum Gasteiger partial charge on any atom is -0.366 e. The number of hydrogen-bond donors (Lipinski definition) is 2. The Labute approximate surface area is 168 Å². The minimum atomic E-state index is -4.36. The number of aromatic nitrogens is 2. The summed E-state index contributed by atoms with van der Waals surface area (Å²) in [4.78, 5) is 0. The van der Waals surface area contributed by atoms with Gasteiger partial charge in [0.2, 0.25) is 0 Å². The minimum absolute atomic E-state index is 0.200. The normalized spacial score (nSPS) is 15.2. The van der Waals surface area contributed by atoms with Gasteiger partial charge in [0.25, 0.3) is 0 Å². The second-order valence-corrected chi connectivity index (χ2v) is 7.09. The van der Waals surface area contributed by atoms with Crippen LogP contribution in [0, 0.1) is 0 Å². The van der Waals surface area contributed by atoms with Gasteiger partial charge in [-0.3, -0.25) is 0 Å². The molecule has 0 amide bonds. The van der Waals surface area contributed by atoms with Gasteiger partial charge in [-0.05, 0) is 31.4 Å². The molecule has 0 saturated heterocycles. The lowest BCUT2D eigenvalue weighted by Crippen LogP contribution is -2.52. The van der Waals surface area contributed by atoms with Gasteiger partial charge in [-0.25, -0.2) is 0 Å². The SMILES string of the molecule is CC.NC1(CNc2nnc(-c3ccc(C(F)(F)F)cc3)c3ccccc23)CCC1. The summed E-state index contributed by atoms with van der Waals surface area (Å²) in [5, 5.41) is 13.5. The van der Waals surface area contributed by atoms with Gasteiger partial charge in [0, 0.05) is 28.4 Å². The number of rotatable bonds is 4. The molecule has 0 spiro atoms. The molecule has 4 nitrogen and oxygen atoms in total. The van der Waals surface area contributed by atoms with Gasteiger partial charge in [0.15, 0.2) is 5.82 Å². The van der Waals surface area contributed by atoms with Crippen LogP contribution in [0.25, 0.3) is 22.0 Å². The van der Waals surface area contributed by atoms with E-state index >= 15 is 0 Å². The van der Waals surface area contributed by atoms with Gasteiger partial charge in [0.1, 0.15) is 5.69 Å². The highest BCUT2D eigenvalue weighted by Crippen LogP contribution is 2.34. The van der Waals surface area contributed by atoms with Gasteiger partial charge < -0.3 is 11.1 Å². The van der Waals surface area contributed by atoms with E-state index in [-0.39, 0.29) is 5.54 Å². The summed E-state index contributed by atoms with van der Waals surface area (Å²) in [6.07, 6.45) is -1.26. The molecule has 0 aliphatic heterocycles. The van der Waals surface area contributed by atoms with Gasteiger partial charge in [-0.15, -0.1) is 10.2 Å². The second kappa shape index (κ2) is 8.37. The Balaban J connectivity index is 0.00000117. The van der Waals surface area contributed by atoms with Crippen LogP contribution >= 0.6 is 0 Å². The highest BCUT2D eigenvalue weighted by atomic mass is 19.4. The Kier molecular flexibility index (Phi) is 6.07. The molecule has 1 aliphatic rings. The van der Waals surface area contributed by atoms with E-state index in [2.05, 4.69) is 15.5 Å². The van der Waals surface area contributed by atoms with Crippen LogP contribution < -0.4 is 11.1 Å². The molecular weight excluding hydrogens is 377 g/mol. The fourth-order valence-corrected chi connectivity index (χ4v) is 3.33. The average Bonchev–Trinajstić information content (AvgIpc) is 2.71. The summed E-state index contributed by atoms with van der Waals surface area (Å²) in [5.74, 6) is 0.637. The summed E-state index contributed by atoms with van der Waals surface area (Å²) in [6.45, 7) is 4.62. The molecule has 0 radical (unpaired) electrons. The predicted octanol–water partition coefficient (Wildman–Crippen LogP) is 5.64. The third kappa shape index (κ3) is 4.50. The van der Waals surface area contributed by atoms with E-state index in [1.165, 1.54) is 12.1 Å². The summed E-state index contributed by atoms with van der Waals surface area (Å²) < 4.78 is 38.4. The van der Waals surface area contributed by atoms with E-state index in [1.54, 1.807) is 0 Å². The summed E-state index contributed by atoms with van der Waals surface area (Å²) in [6, 6.07) is 12.6. The third-order valence-corrected chi connectivity index (χ3v) is 5.13. The van der Waals surface area contributed by atoms with E-state index in [4.69, 9.17) is 5.73 Å². The van der Waals surface area contributed by atoms with Crippen LogP contribution in [-0.4, -0.2) is 22.3 Å². The van der Waals surface area contributed by atoms with E-state index in [0.717, 1.165) is 42.2 Å². The zero-order valence-corrected chi connectivity index (χ0v) is 16.6. The van der Waals surface area contributed by atoms with Crippen molar-refractivity contribution in [2.75, 3.05) is 11.9 Å². The van der Waals surface area contributed by atoms with Crippen molar-refractivity contribution in [1.29, 1.82) is 0 Å². The molecule has 1 aromatic heterocycles. The molecule has 2 aromatic carbocycles. The second-order valence-electron chi connectivity index (χ2n) is 7.09. The maximum absolute atomic E-state index is 12.8. The quantitative estimate of drug-likeness (QED) is 0.593. The van der Waals surface area contributed by atoms with Crippen LogP contribution in [0.5, 0.6) is 0 Å². The zero-order valence-electron chi connectivity index (χ0n) is 16.6. The Morgan fingerprint density at radius 3 is 2.14 bits per heavy atom. The van der Waals surface area contributed by atoms with Gasteiger partial charge in [0.05, 0.1) is 5.56 Å². The lowest BCUT2D eigenvalue weighted by molar-refractivity contribution is -0.137. The molecule has 1 saturated carbocycles. The van der Waals surface area contributed by atoms with E-state index < -0.39 is 11.7 Å². The first kappa shape index (κ1) is 21.0. The van der Waals surface area contributed by atoms with Gasteiger partial charge in [-0.1, -0.05) is 50.2 Å². The molecule has 1 aliphatic carbocycles. The summed E-state index contributed by atoms with van der Waals surface area (Å²) >= 11 is 0. The first-order valence-electron chi connectivity index (χ1n) is 9.82. The number of alkyl halides is 3. The zero-order chi connectivity index (χ0) is 21.1. The molecule has 0 unspecified atom stereocenters. The third-order valence-electron chi connectivity index (χ3n) is 5.13. The number of benzene rings is 2. The number of nitrogens with zero attached hydrogens (tertiary/aromatic N) is 2. The molecule has 7 heteroatoms. The first-order chi connectivity index (χ1) is 13.9. The fourth-order valence-electron chi connectivity index (χ4n) is 3.33. The van der Waals surface area contributed by atoms with Crippen LogP contribution in [0.2, 0.25) is 0 Å². The average molecular weight is 402 g/mol.